The second-order valence-electron chi connectivity index (χ2n) is 9.29. The van der Waals surface area contributed by atoms with Crippen molar-refractivity contribution in [2.75, 3.05) is 27.2 Å². The van der Waals surface area contributed by atoms with Crippen LogP contribution in [0.1, 0.15) is 18.9 Å². The summed E-state index contributed by atoms with van der Waals surface area (Å²) in [6.07, 6.45) is -1.39. The van der Waals surface area contributed by atoms with Crippen molar-refractivity contribution in [2.24, 2.45) is 0 Å². The molecule has 11 heteroatoms. The summed E-state index contributed by atoms with van der Waals surface area (Å²) in [5, 5.41) is 53.9. The van der Waals surface area contributed by atoms with Crippen LogP contribution in [0, 0.1) is 0 Å². The molecule has 3 aliphatic rings. The maximum atomic E-state index is 11.6. The Labute approximate surface area is 193 Å². The Morgan fingerprint density at radius 2 is 1.73 bits per heavy atom. The molecule has 0 spiro atoms. The first-order valence-corrected chi connectivity index (χ1v) is 11.5. The van der Waals surface area contributed by atoms with Gasteiger partial charge < -0.3 is 50.6 Å². The molecule has 0 radical (unpaired) electrons. The predicted octanol–water partition coefficient (Wildman–Crippen LogP) is -2.54. The van der Waals surface area contributed by atoms with Crippen LogP contribution in [0.5, 0.6) is 0 Å². The molecule has 1 unspecified atom stereocenters. The van der Waals surface area contributed by atoms with Gasteiger partial charge in [-0.2, -0.15) is 0 Å². The minimum atomic E-state index is -2.20. The minimum Gasteiger partial charge on any atom is -0.390 e. The van der Waals surface area contributed by atoms with Gasteiger partial charge in [0, 0.05) is 25.4 Å². The van der Waals surface area contributed by atoms with Gasteiger partial charge in [0.1, 0.15) is 23.9 Å². The van der Waals surface area contributed by atoms with Gasteiger partial charge in [0.2, 0.25) is 12.1 Å². The molecule has 0 bridgehead atoms. The standard InChI is InChI=1S/C22H36N4O7/c1-12-10-21(29,11-26-9-6-13-4-7-25-8-5-13)22(30)20(31-12)32-19-17(28)14(23-2)16(27)15(24-3)18(19)33-22/h4-5,7-8,12,14-20,23-24,26-30H,6,9-11H2,1-3H3/t12-,14-,15+,16+,17+,18-,19?,20+,21-,22-/m1/s1. The van der Waals surface area contributed by atoms with E-state index in [0.717, 1.165) is 12.0 Å². The average molecular weight is 469 g/mol. The predicted molar refractivity (Wildman–Crippen MR) is 117 cm³/mol. The molecule has 7 N–H and O–H groups in total. The van der Waals surface area contributed by atoms with Crippen molar-refractivity contribution in [1.82, 2.24) is 20.9 Å². The molecule has 1 aliphatic carbocycles. The summed E-state index contributed by atoms with van der Waals surface area (Å²) in [4.78, 5) is 4.01. The first-order chi connectivity index (χ1) is 15.7. The van der Waals surface area contributed by atoms with E-state index < -0.39 is 60.3 Å². The third-order valence-corrected chi connectivity index (χ3v) is 7.11. The van der Waals surface area contributed by atoms with Crippen molar-refractivity contribution < 1.29 is 34.6 Å². The van der Waals surface area contributed by atoms with Crippen LogP contribution < -0.4 is 16.0 Å². The average Bonchev–Trinajstić information content (AvgIpc) is 2.78. The van der Waals surface area contributed by atoms with Crippen LogP contribution in [-0.4, -0.2) is 113 Å². The Balaban J connectivity index is 1.52. The highest BCUT2D eigenvalue weighted by Gasteiger charge is 2.68. The molecule has 10 atom stereocenters. The highest BCUT2D eigenvalue weighted by molar-refractivity contribution is 5.13. The molecule has 3 heterocycles. The third-order valence-electron chi connectivity index (χ3n) is 7.11. The molecule has 1 aromatic rings. The maximum Gasteiger partial charge on any atom is 0.249 e. The van der Waals surface area contributed by atoms with Gasteiger partial charge >= 0.3 is 0 Å². The molecule has 1 aromatic heterocycles. The number of nitrogens with one attached hydrogen (secondary N) is 3. The molecule has 3 fully saturated rings. The first-order valence-electron chi connectivity index (χ1n) is 11.5. The fraction of sp³-hybridized carbons (Fsp3) is 0.773. The molecule has 186 valence electrons. The number of ether oxygens (including phenoxy) is 3. The van der Waals surface area contributed by atoms with Crippen molar-refractivity contribution in [3.63, 3.8) is 0 Å². The number of rotatable bonds is 7. The van der Waals surface area contributed by atoms with Gasteiger partial charge in [-0.05, 0) is 51.7 Å². The lowest BCUT2D eigenvalue weighted by atomic mass is 9.77. The van der Waals surface area contributed by atoms with E-state index in [4.69, 9.17) is 14.2 Å². The lowest BCUT2D eigenvalue weighted by Gasteiger charge is -2.60. The minimum absolute atomic E-state index is 0.0357. The van der Waals surface area contributed by atoms with E-state index in [-0.39, 0.29) is 13.0 Å². The van der Waals surface area contributed by atoms with Crippen LogP contribution in [0.2, 0.25) is 0 Å². The molecule has 0 aromatic carbocycles. The molecule has 2 aliphatic heterocycles. The summed E-state index contributed by atoms with van der Waals surface area (Å²) in [5.74, 6) is -2.20. The number of aromatic nitrogens is 1. The lowest BCUT2D eigenvalue weighted by Crippen LogP contribution is -2.81. The van der Waals surface area contributed by atoms with Crippen molar-refractivity contribution in [2.45, 2.75) is 80.0 Å². The highest BCUT2D eigenvalue weighted by Crippen LogP contribution is 2.46. The van der Waals surface area contributed by atoms with Gasteiger partial charge in [0.15, 0.2) is 0 Å². The molecule has 0 amide bonds. The second-order valence-corrected chi connectivity index (χ2v) is 9.29. The van der Waals surface area contributed by atoms with Gasteiger partial charge in [0.25, 0.3) is 0 Å². The van der Waals surface area contributed by atoms with Crippen LogP contribution in [0.3, 0.4) is 0 Å². The summed E-state index contributed by atoms with van der Waals surface area (Å²) in [6.45, 7) is 2.38. The monoisotopic (exact) mass is 468 g/mol. The van der Waals surface area contributed by atoms with Crippen molar-refractivity contribution >= 4 is 0 Å². The lowest BCUT2D eigenvalue weighted by molar-refractivity contribution is -0.482. The normalized spacial score (nSPS) is 45.3. The first kappa shape index (κ1) is 24.9. The van der Waals surface area contributed by atoms with Crippen molar-refractivity contribution in [3.05, 3.63) is 30.1 Å². The number of aliphatic hydroxyl groups excluding tert-OH is 2. The van der Waals surface area contributed by atoms with E-state index in [1.807, 2.05) is 12.1 Å². The number of aliphatic hydroxyl groups is 4. The summed E-state index contributed by atoms with van der Waals surface area (Å²) in [7, 11) is 3.29. The smallest absolute Gasteiger partial charge is 0.249 e. The van der Waals surface area contributed by atoms with Crippen molar-refractivity contribution in [3.8, 4) is 0 Å². The Bertz CT molecular complexity index is 791. The number of pyridine rings is 1. The fourth-order valence-corrected chi connectivity index (χ4v) is 5.31. The number of likely N-dealkylation sites (N-methyl/N-ethyl adjacent to an activating group) is 2. The van der Waals surface area contributed by atoms with E-state index in [9.17, 15) is 20.4 Å². The van der Waals surface area contributed by atoms with E-state index in [1.165, 1.54) is 0 Å². The number of nitrogens with zero attached hydrogens (tertiary/aromatic N) is 1. The summed E-state index contributed by atoms with van der Waals surface area (Å²) >= 11 is 0. The maximum absolute atomic E-state index is 11.6. The fourth-order valence-electron chi connectivity index (χ4n) is 5.31. The van der Waals surface area contributed by atoms with Crippen LogP contribution in [0.15, 0.2) is 24.5 Å². The summed E-state index contributed by atoms with van der Waals surface area (Å²) in [6, 6.07) is 2.51. The van der Waals surface area contributed by atoms with Gasteiger partial charge in [-0.3, -0.25) is 4.98 Å². The van der Waals surface area contributed by atoms with E-state index in [0.29, 0.717) is 6.54 Å². The van der Waals surface area contributed by atoms with Gasteiger partial charge in [-0.15, -0.1) is 0 Å². The zero-order valence-corrected chi connectivity index (χ0v) is 19.2. The number of hydrogen-bond donors (Lipinski definition) is 7. The van der Waals surface area contributed by atoms with Gasteiger partial charge in [-0.1, -0.05) is 0 Å². The largest absolute Gasteiger partial charge is 0.390 e. The number of fused-ring (bicyclic) bond motifs is 2. The topological polar surface area (TPSA) is 158 Å². The molecule has 1 saturated carbocycles. The van der Waals surface area contributed by atoms with Crippen LogP contribution in [-0.2, 0) is 20.6 Å². The highest BCUT2D eigenvalue weighted by atomic mass is 16.8. The van der Waals surface area contributed by atoms with E-state index in [2.05, 4.69) is 20.9 Å². The second kappa shape index (κ2) is 9.78. The Morgan fingerprint density at radius 3 is 2.39 bits per heavy atom. The summed E-state index contributed by atoms with van der Waals surface area (Å²) in [5.41, 5.74) is -0.630. The Morgan fingerprint density at radius 1 is 1.03 bits per heavy atom. The Hall–Kier alpha value is -1.25. The molecular weight excluding hydrogens is 432 g/mol. The van der Waals surface area contributed by atoms with Gasteiger partial charge in [0.05, 0.1) is 24.3 Å². The third kappa shape index (κ3) is 4.43. The molecule has 4 rings (SSSR count). The van der Waals surface area contributed by atoms with Crippen LogP contribution in [0.25, 0.3) is 0 Å². The van der Waals surface area contributed by atoms with E-state index >= 15 is 0 Å². The number of hydrogen-bond acceptors (Lipinski definition) is 11. The summed E-state index contributed by atoms with van der Waals surface area (Å²) < 4.78 is 17.9. The molecule has 11 nitrogen and oxygen atoms in total. The Kier molecular flexibility index (Phi) is 7.37. The van der Waals surface area contributed by atoms with Crippen LogP contribution in [0.4, 0.5) is 0 Å². The molecule has 33 heavy (non-hydrogen) atoms. The van der Waals surface area contributed by atoms with Crippen molar-refractivity contribution in [1.29, 1.82) is 0 Å². The SMILES string of the molecule is CN[C@@H]1[C@H](O)[C@H](NC)[C@H]2O[C@]3(O)[C@H](OC2[C@H]1O)O[C@H](C)C[C@@]3(O)CNCCc1ccncc1. The molecular formula is C22H36N4O7. The zero-order valence-electron chi connectivity index (χ0n) is 19.2. The zero-order chi connectivity index (χ0) is 23.8. The quantitative estimate of drug-likeness (QED) is 0.212. The van der Waals surface area contributed by atoms with Gasteiger partial charge in [-0.25, -0.2) is 0 Å². The molecule has 2 saturated heterocycles. The van der Waals surface area contributed by atoms with Crippen LogP contribution >= 0.6 is 0 Å². The van der Waals surface area contributed by atoms with E-state index in [1.54, 1.807) is 33.4 Å².